The first-order valence-electron chi connectivity index (χ1n) is 8.50. The zero-order chi connectivity index (χ0) is 17.1. The van der Waals surface area contributed by atoms with Gasteiger partial charge < -0.3 is 4.90 Å². The molecule has 4 heterocycles. The topological polar surface area (TPSA) is 54.2 Å². The van der Waals surface area contributed by atoms with Gasteiger partial charge in [0.15, 0.2) is 0 Å². The number of pyridine rings is 1. The van der Waals surface area contributed by atoms with E-state index in [9.17, 15) is 13.2 Å². The molecule has 4 unspecified atom stereocenters. The number of hydrogen-bond donors (Lipinski definition) is 2. The van der Waals surface area contributed by atoms with Gasteiger partial charge in [-0.25, -0.2) is 9.58 Å². The lowest BCUT2D eigenvalue weighted by molar-refractivity contribution is -1.00. The van der Waals surface area contributed by atoms with Gasteiger partial charge in [0.05, 0.1) is 17.6 Å². The molecular weight excluding hydrogens is 319 g/mol. The molecule has 0 saturated carbocycles. The van der Waals surface area contributed by atoms with Crippen molar-refractivity contribution in [1.82, 2.24) is 10.4 Å². The van der Waals surface area contributed by atoms with Crippen molar-refractivity contribution in [3.8, 4) is 0 Å². The maximum absolute atomic E-state index is 12.8. The van der Waals surface area contributed by atoms with Gasteiger partial charge in [0, 0.05) is 26.1 Å². The Morgan fingerprint density at radius 1 is 1.21 bits per heavy atom. The number of nitrogens with two attached hydrogens (primary N) is 1. The summed E-state index contributed by atoms with van der Waals surface area (Å²) in [5, 5.41) is 0. The minimum Gasteiger partial charge on any atom is -0.339 e. The van der Waals surface area contributed by atoms with Gasteiger partial charge in [0.1, 0.15) is 24.6 Å². The molecule has 1 aromatic heterocycles. The van der Waals surface area contributed by atoms with Crippen LogP contribution in [0.2, 0.25) is 0 Å². The van der Waals surface area contributed by atoms with E-state index >= 15 is 0 Å². The molecule has 0 aliphatic carbocycles. The van der Waals surface area contributed by atoms with E-state index in [2.05, 4.69) is 15.3 Å². The molecule has 0 spiro atoms. The highest BCUT2D eigenvalue weighted by molar-refractivity contribution is 5.46. The van der Waals surface area contributed by atoms with E-state index in [-0.39, 0.29) is 12.1 Å². The summed E-state index contributed by atoms with van der Waals surface area (Å²) in [4.78, 5) is 6.42. The molecule has 5 nitrogen and oxygen atoms in total. The second kappa shape index (κ2) is 5.31. The quantitative estimate of drug-likeness (QED) is 0.823. The molecule has 0 aromatic carbocycles. The van der Waals surface area contributed by atoms with Crippen molar-refractivity contribution in [1.29, 1.82) is 0 Å². The molecular formula is C16H23F3N5+. The van der Waals surface area contributed by atoms with Gasteiger partial charge in [-0.15, -0.1) is 0 Å². The molecule has 1 aromatic rings. The van der Waals surface area contributed by atoms with E-state index in [1.807, 2.05) is 7.05 Å². The van der Waals surface area contributed by atoms with E-state index < -0.39 is 11.7 Å². The Bertz CT molecular complexity index is 591. The highest BCUT2D eigenvalue weighted by Crippen LogP contribution is 2.50. The maximum atomic E-state index is 12.8. The fraction of sp³-hybridized carbons (Fsp3) is 0.688. The minimum absolute atomic E-state index is 0.286. The Morgan fingerprint density at radius 3 is 2.25 bits per heavy atom. The second-order valence-electron chi connectivity index (χ2n) is 7.07. The van der Waals surface area contributed by atoms with Crippen LogP contribution in [0.3, 0.4) is 0 Å². The van der Waals surface area contributed by atoms with Gasteiger partial charge in [-0.3, -0.25) is 5.73 Å². The lowest BCUT2D eigenvalue weighted by atomic mass is 10.0. The van der Waals surface area contributed by atoms with Gasteiger partial charge in [-0.2, -0.15) is 18.6 Å². The number of nitrogens with zero attached hydrogens (tertiary/aromatic N) is 3. The summed E-state index contributed by atoms with van der Waals surface area (Å²) in [6.45, 7) is 0.549. The number of anilines is 1. The van der Waals surface area contributed by atoms with Crippen LogP contribution < -0.4 is 16.1 Å². The van der Waals surface area contributed by atoms with Gasteiger partial charge >= 0.3 is 6.18 Å². The summed E-state index contributed by atoms with van der Waals surface area (Å²) in [6, 6.07) is 3.97. The summed E-state index contributed by atoms with van der Waals surface area (Å²) in [5.41, 5.74) is 8.88. The third-order valence-corrected chi connectivity index (χ3v) is 6.36. The fourth-order valence-corrected chi connectivity index (χ4v) is 5.41. The van der Waals surface area contributed by atoms with E-state index in [0.717, 1.165) is 42.5 Å². The minimum atomic E-state index is -4.34. The van der Waals surface area contributed by atoms with Crippen molar-refractivity contribution in [2.75, 3.05) is 18.6 Å². The molecule has 3 fully saturated rings. The highest BCUT2D eigenvalue weighted by atomic mass is 19.4. The Labute approximate surface area is 139 Å². The van der Waals surface area contributed by atoms with Crippen LogP contribution in [0, 0.1) is 0 Å². The van der Waals surface area contributed by atoms with E-state index in [1.165, 1.54) is 6.07 Å². The smallest absolute Gasteiger partial charge is 0.339 e. The summed E-state index contributed by atoms with van der Waals surface area (Å²) < 4.78 is 39.1. The number of quaternary nitrogens is 1. The Balaban J connectivity index is 1.68. The van der Waals surface area contributed by atoms with Crippen molar-refractivity contribution < 1.29 is 17.8 Å². The summed E-state index contributed by atoms with van der Waals surface area (Å²) in [5.74, 6) is 0.665. The van der Waals surface area contributed by atoms with Crippen LogP contribution in [-0.2, 0) is 6.18 Å². The highest BCUT2D eigenvalue weighted by Gasteiger charge is 2.65. The molecule has 0 amide bonds. The molecule has 3 saturated heterocycles. The summed E-state index contributed by atoms with van der Waals surface area (Å²) in [6.07, 6.45) is 0.909. The zero-order valence-corrected chi connectivity index (χ0v) is 13.6. The number of fused-ring (bicyclic) bond motifs is 6. The molecule has 8 heteroatoms. The Hall–Kier alpha value is -1.38. The second-order valence-corrected chi connectivity index (χ2v) is 7.07. The van der Waals surface area contributed by atoms with Gasteiger partial charge in [-0.1, -0.05) is 0 Å². The number of aromatic nitrogens is 1. The molecule has 24 heavy (non-hydrogen) atoms. The van der Waals surface area contributed by atoms with Crippen LogP contribution in [0.25, 0.3) is 0 Å². The number of piperazine rings is 1. The molecule has 0 radical (unpaired) electrons. The largest absolute Gasteiger partial charge is 0.417 e. The normalized spacial score (nSPS) is 38.0. The van der Waals surface area contributed by atoms with E-state index in [0.29, 0.717) is 24.6 Å². The predicted octanol–water partition coefficient (Wildman–Crippen LogP) is 1.85. The molecule has 4 atom stereocenters. The molecule has 3 N–H and O–H groups in total. The van der Waals surface area contributed by atoms with Crippen LogP contribution in [0.1, 0.15) is 31.2 Å². The molecule has 3 aliphatic heterocycles. The Kier molecular flexibility index (Phi) is 3.56. The Morgan fingerprint density at radius 2 is 1.83 bits per heavy atom. The average Bonchev–Trinajstić information content (AvgIpc) is 3.05. The third-order valence-electron chi connectivity index (χ3n) is 6.36. The van der Waals surface area contributed by atoms with Crippen LogP contribution >= 0.6 is 0 Å². The van der Waals surface area contributed by atoms with Crippen molar-refractivity contribution in [3.05, 3.63) is 23.9 Å². The van der Waals surface area contributed by atoms with Crippen LogP contribution in [0.4, 0.5) is 19.0 Å². The van der Waals surface area contributed by atoms with Crippen LogP contribution in [0.15, 0.2) is 18.3 Å². The lowest BCUT2D eigenvalue weighted by Crippen LogP contribution is -2.76. The van der Waals surface area contributed by atoms with Crippen molar-refractivity contribution in [2.45, 2.75) is 56.0 Å². The van der Waals surface area contributed by atoms with E-state index in [1.54, 1.807) is 0 Å². The van der Waals surface area contributed by atoms with Gasteiger partial charge in [0.2, 0.25) is 0 Å². The SMILES string of the molecule is CN[N+]1(CN)C2CCC1C1CCC2N1c1ccc(C(F)(F)F)cn1. The van der Waals surface area contributed by atoms with Crippen molar-refractivity contribution >= 4 is 5.82 Å². The standard InChI is InChI=1S/C16H23F3N5/c1-21-24(9-20)13-5-6-14(24)12-4-3-11(13)23(12)15-7-2-10(8-22-15)16(17,18)19/h2,7-8,11-14,21H,3-6,9,20H2,1H3/q+1. The first-order chi connectivity index (χ1) is 11.4. The average molecular weight is 342 g/mol. The third kappa shape index (κ3) is 2.02. The molecule has 4 bridgehead atoms. The molecule has 3 aliphatic rings. The van der Waals surface area contributed by atoms with Gasteiger partial charge in [0.25, 0.3) is 0 Å². The van der Waals surface area contributed by atoms with E-state index in [4.69, 9.17) is 5.73 Å². The first kappa shape index (κ1) is 16.1. The fourth-order valence-electron chi connectivity index (χ4n) is 5.41. The number of hydrogen-bond acceptors (Lipinski definition) is 4. The molecule has 4 rings (SSSR count). The zero-order valence-electron chi connectivity index (χ0n) is 13.6. The van der Waals surface area contributed by atoms with Crippen LogP contribution in [0.5, 0.6) is 0 Å². The number of rotatable bonds is 3. The van der Waals surface area contributed by atoms with Crippen LogP contribution in [-0.4, -0.2) is 47.5 Å². The van der Waals surface area contributed by atoms with Crippen molar-refractivity contribution in [2.24, 2.45) is 5.73 Å². The number of alkyl halides is 3. The first-order valence-corrected chi connectivity index (χ1v) is 8.50. The molecule has 132 valence electrons. The lowest BCUT2D eigenvalue weighted by Gasteiger charge is -2.52. The predicted molar refractivity (Wildman–Crippen MR) is 83.7 cm³/mol. The van der Waals surface area contributed by atoms with Gasteiger partial charge in [-0.05, 0) is 25.0 Å². The summed E-state index contributed by atoms with van der Waals surface area (Å²) >= 11 is 0. The monoisotopic (exact) mass is 342 g/mol. The maximum Gasteiger partial charge on any atom is 0.417 e. The van der Waals surface area contributed by atoms with Crippen molar-refractivity contribution in [3.63, 3.8) is 0 Å². The summed E-state index contributed by atoms with van der Waals surface area (Å²) in [7, 11) is 1.96. The number of nitrogens with one attached hydrogen (secondary N) is 1. The number of halogens is 3.